The third-order valence-electron chi connectivity index (χ3n) is 3.35. The summed E-state index contributed by atoms with van der Waals surface area (Å²) in [4.78, 5) is 0. The maximum absolute atomic E-state index is 5.51. The lowest BCUT2D eigenvalue weighted by Gasteiger charge is -2.08. The molecule has 0 fully saturated rings. The SMILES string of the molecule is Cc1n[nH]c(C)c1NCc1ccc2c(c1)CCO2. The highest BCUT2D eigenvalue weighted by atomic mass is 16.5. The Kier molecular flexibility index (Phi) is 2.70. The van der Waals surface area contributed by atoms with E-state index in [1.54, 1.807) is 0 Å². The quantitative estimate of drug-likeness (QED) is 0.871. The predicted molar refractivity (Wildman–Crippen MR) is 71.0 cm³/mol. The minimum absolute atomic E-state index is 0.812. The summed E-state index contributed by atoms with van der Waals surface area (Å²) in [7, 11) is 0. The van der Waals surface area contributed by atoms with Gasteiger partial charge in [0.25, 0.3) is 0 Å². The van der Waals surface area contributed by atoms with Gasteiger partial charge in [-0.1, -0.05) is 12.1 Å². The molecule has 4 nitrogen and oxygen atoms in total. The number of H-pyrrole nitrogens is 1. The molecule has 0 radical (unpaired) electrons. The minimum atomic E-state index is 0.812. The molecule has 1 aromatic carbocycles. The van der Waals surface area contributed by atoms with E-state index < -0.39 is 0 Å². The number of benzene rings is 1. The fraction of sp³-hybridized carbons (Fsp3) is 0.357. The number of anilines is 1. The first kappa shape index (κ1) is 11.1. The minimum Gasteiger partial charge on any atom is -0.493 e. The molecule has 2 heterocycles. The highest BCUT2D eigenvalue weighted by molar-refractivity contribution is 5.52. The van der Waals surface area contributed by atoms with Crippen molar-refractivity contribution in [3.8, 4) is 5.75 Å². The Morgan fingerprint density at radius 3 is 3.06 bits per heavy atom. The fourth-order valence-electron chi connectivity index (χ4n) is 2.35. The Hall–Kier alpha value is -1.97. The molecule has 0 unspecified atom stereocenters. The van der Waals surface area contributed by atoms with Gasteiger partial charge in [-0.05, 0) is 31.0 Å². The van der Waals surface area contributed by atoms with E-state index in [1.165, 1.54) is 11.1 Å². The van der Waals surface area contributed by atoms with Crippen molar-refractivity contribution in [1.29, 1.82) is 0 Å². The predicted octanol–water partition coefficient (Wildman–Crippen LogP) is 2.57. The summed E-state index contributed by atoms with van der Waals surface area (Å²) in [6, 6.07) is 6.40. The van der Waals surface area contributed by atoms with Gasteiger partial charge in [-0.25, -0.2) is 0 Å². The van der Waals surface area contributed by atoms with Crippen molar-refractivity contribution in [3.63, 3.8) is 0 Å². The molecular weight excluding hydrogens is 226 g/mol. The van der Waals surface area contributed by atoms with E-state index in [4.69, 9.17) is 4.74 Å². The van der Waals surface area contributed by atoms with Gasteiger partial charge >= 0.3 is 0 Å². The van der Waals surface area contributed by atoms with Crippen molar-refractivity contribution < 1.29 is 4.74 Å². The van der Waals surface area contributed by atoms with Gasteiger partial charge in [0.15, 0.2) is 0 Å². The third-order valence-corrected chi connectivity index (χ3v) is 3.35. The second-order valence-electron chi connectivity index (χ2n) is 4.70. The van der Waals surface area contributed by atoms with Crippen LogP contribution in [0.1, 0.15) is 22.5 Å². The van der Waals surface area contributed by atoms with E-state index in [-0.39, 0.29) is 0 Å². The second-order valence-corrected chi connectivity index (χ2v) is 4.70. The number of fused-ring (bicyclic) bond motifs is 1. The van der Waals surface area contributed by atoms with Crippen molar-refractivity contribution in [1.82, 2.24) is 10.2 Å². The van der Waals surface area contributed by atoms with E-state index in [0.717, 1.165) is 42.4 Å². The number of hydrogen-bond acceptors (Lipinski definition) is 3. The van der Waals surface area contributed by atoms with Gasteiger partial charge < -0.3 is 10.1 Å². The molecular formula is C14H17N3O. The van der Waals surface area contributed by atoms with E-state index in [1.807, 2.05) is 13.8 Å². The summed E-state index contributed by atoms with van der Waals surface area (Å²) in [6.45, 7) is 5.65. The molecule has 94 valence electrons. The fourth-order valence-corrected chi connectivity index (χ4v) is 2.35. The summed E-state index contributed by atoms with van der Waals surface area (Å²) in [5, 5.41) is 10.6. The summed E-state index contributed by atoms with van der Waals surface area (Å²) in [5.41, 5.74) is 5.79. The molecule has 0 aliphatic carbocycles. The summed E-state index contributed by atoms with van der Waals surface area (Å²) < 4.78 is 5.51. The van der Waals surface area contributed by atoms with Crippen molar-refractivity contribution in [2.24, 2.45) is 0 Å². The highest BCUT2D eigenvalue weighted by Gasteiger charge is 2.12. The van der Waals surface area contributed by atoms with Gasteiger partial charge in [-0.15, -0.1) is 0 Å². The summed E-state index contributed by atoms with van der Waals surface area (Å²) in [5.74, 6) is 1.04. The van der Waals surface area contributed by atoms with Crippen LogP contribution in [0.4, 0.5) is 5.69 Å². The van der Waals surface area contributed by atoms with Crippen molar-refractivity contribution in [3.05, 3.63) is 40.7 Å². The van der Waals surface area contributed by atoms with E-state index in [9.17, 15) is 0 Å². The van der Waals surface area contributed by atoms with Crippen molar-refractivity contribution in [2.75, 3.05) is 11.9 Å². The average Bonchev–Trinajstić information content (AvgIpc) is 2.94. The van der Waals surface area contributed by atoms with Crippen LogP contribution in [0.5, 0.6) is 5.75 Å². The Morgan fingerprint density at radius 1 is 1.39 bits per heavy atom. The molecule has 0 saturated carbocycles. The highest BCUT2D eigenvalue weighted by Crippen LogP contribution is 2.26. The zero-order valence-electron chi connectivity index (χ0n) is 10.7. The summed E-state index contributed by atoms with van der Waals surface area (Å²) >= 11 is 0. The molecule has 1 aliphatic rings. The number of nitrogens with one attached hydrogen (secondary N) is 2. The zero-order valence-corrected chi connectivity index (χ0v) is 10.7. The van der Waals surface area contributed by atoms with Crippen LogP contribution < -0.4 is 10.1 Å². The van der Waals surface area contributed by atoms with E-state index in [0.29, 0.717) is 0 Å². The zero-order chi connectivity index (χ0) is 12.5. The third kappa shape index (κ3) is 1.94. The first-order valence-electron chi connectivity index (χ1n) is 6.24. The van der Waals surface area contributed by atoms with Crippen LogP contribution in [-0.4, -0.2) is 16.8 Å². The molecule has 1 aliphatic heterocycles. The lowest BCUT2D eigenvalue weighted by Crippen LogP contribution is -2.01. The standard InChI is InChI=1S/C14H17N3O/c1-9-14(10(2)17-16-9)15-8-11-3-4-13-12(7-11)5-6-18-13/h3-4,7,15H,5-6,8H2,1-2H3,(H,16,17). The number of hydrogen-bond donors (Lipinski definition) is 2. The number of aryl methyl sites for hydroxylation is 2. The van der Waals surface area contributed by atoms with Crippen LogP contribution in [0.15, 0.2) is 18.2 Å². The smallest absolute Gasteiger partial charge is 0.122 e. The number of aromatic amines is 1. The van der Waals surface area contributed by atoms with Crippen LogP contribution >= 0.6 is 0 Å². The number of nitrogens with zero attached hydrogens (tertiary/aromatic N) is 1. The lowest BCUT2D eigenvalue weighted by atomic mass is 10.1. The van der Waals surface area contributed by atoms with Gasteiger partial charge in [-0.3, -0.25) is 5.10 Å². The molecule has 0 bridgehead atoms. The summed E-state index contributed by atoms with van der Waals surface area (Å²) in [6.07, 6.45) is 1.02. The van der Waals surface area contributed by atoms with Gasteiger partial charge in [0.05, 0.1) is 23.7 Å². The molecule has 1 aromatic heterocycles. The van der Waals surface area contributed by atoms with Gasteiger partial charge in [0.2, 0.25) is 0 Å². The van der Waals surface area contributed by atoms with Crippen molar-refractivity contribution >= 4 is 5.69 Å². The molecule has 0 atom stereocenters. The first-order valence-corrected chi connectivity index (χ1v) is 6.24. The average molecular weight is 243 g/mol. The van der Waals surface area contributed by atoms with E-state index in [2.05, 4.69) is 33.7 Å². The maximum Gasteiger partial charge on any atom is 0.122 e. The molecule has 18 heavy (non-hydrogen) atoms. The van der Waals surface area contributed by atoms with Gasteiger partial charge in [-0.2, -0.15) is 5.10 Å². The molecule has 0 saturated heterocycles. The van der Waals surface area contributed by atoms with Crippen LogP contribution in [0.25, 0.3) is 0 Å². The Morgan fingerprint density at radius 2 is 2.28 bits per heavy atom. The molecule has 0 amide bonds. The lowest BCUT2D eigenvalue weighted by molar-refractivity contribution is 0.357. The molecule has 3 rings (SSSR count). The maximum atomic E-state index is 5.51. The molecule has 2 aromatic rings. The van der Waals surface area contributed by atoms with Crippen LogP contribution in [-0.2, 0) is 13.0 Å². The number of aromatic nitrogens is 2. The van der Waals surface area contributed by atoms with E-state index >= 15 is 0 Å². The molecule has 2 N–H and O–H groups in total. The van der Waals surface area contributed by atoms with Crippen LogP contribution in [0.3, 0.4) is 0 Å². The monoisotopic (exact) mass is 243 g/mol. The van der Waals surface area contributed by atoms with Crippen LogP contribution in [0, 0.1) is 13.8 Å². The number of ether oxygens (including phenoxy) is 1. The Balaban J connectivity index is 1.74. The van der Waals surface area contributed by atoms with Crippen molar-refractivity contribution in [2.45, 2.75) is 26.8 Å². The van der Waals surface area contributed by atoms with Crippen LogP contribution in [0.2, 0.25) is 0 Å². The first-order chi connectivity index (χ1) is 8.74. The Labute approximate surface area is 106 Å². The van der Waals surface area contributed by atoms with Gasteiger partial charge in [0, 0.05) is 13.0 Å². The normalized spacial score (nSPS) is 13.2. The molecule has 4 heteroatoms. The topological polar surface area (TPSA) is 49.9 Å². The Bertz CT molecular complexity index is 555. The largest absolute Gasteiger partial charge is 0.493 e. The second kappa shape index (κ2) is 4.37. The van der Waals surface area contributed by atoms with Gasteiger partial charge in [0.1, 0.15) is 5.75 Å². The molecule has 0 spiro atoms. The number of rotatable bonds is 3.